The number of benzene rings is 6. The summed E-state index contributed by atoms with van der Waals surface area (Å²) >= 11 is 0. The van der Waals surface area contributed by atoms with Gasteiger partial charge in [0.2, 0.25) is 0 Å². The van der Waals surface area contributed by atoms with Crippen LogP contribution in [0.1, 0.15) is 0 Å². The summed E-state index contributed by atoms with van der Waals surface area (Å²) in [4.78, 5) is 14.5. The van der Waals surface area contributed by atoms with Crippen LogP contribution < -0.4 is 19.3 Å². The van der Waals surface area contributed by atoms with Gasteiger partial charge in [0, 0.05) is 17.3 Å². The molecule has 2 aliphatic rings. The van der Waals surface area contributed by atoms with Gasteiger partial charge in [0.25, 0.3) is 0 Å². The van der Waals surface area contributed by atoms with Gasteiger partial charge >= 0.3 is 0 Å². The summed E-state index contributed by atoms with van der Waals surface area (Å²) in [5.74, 6) is 3.84. The monoisotopic (exact) mass is 594 g/mol. The van der Waals surface area contributed by atoms with Crippen LogP contribution in [0.2, 0.25) is 0 Å². The Bertz CT molecular complexity index is 2020. The number of anilines is 6. The van der Waals surface area contributed by atoms with E-state index in [4.69, 9.17) is 19.4 Å². The molecule has 46 heavy (non-hydrogen) atoms. The van der Waals surface area contributed by atoms with Gasteiger partial charge in [-0.25, -0.2) is 9.97 Å². The average Bonchev–Trinajstić information content (AvgIpc) is 3.13. The van der Waals surface area contributed by atoms with Gasteiger partial charge in [-0.3, -0.25) is 0 Å². The van der Waals surface area contributed by atoms with Gasteiger partial charge in [0.05, 0.1) is 39.8 Å². The molecule has 0 N–H and O–H groups in total. The largest absolute Gasteiger partial charge is 0.453 e. The number of hydrogen-bond donors (Lipinski definition) is 0. The van der Waals surface area contributed by atoms with E-state index < -0.39 is 0 Å². The van der Waals surface area contributed by atoms with Crippen molar-refractivity contribution < 1.29 is 9.47 Å². The summed E-state index contributed by atoms with van der Waals surface area (Å²) in [6.45, 7) is 0. The average molecular weight is 595 g/mol. The van der Waals surface area contributed by atoms with Crippen molar-refractivity contribution in [3.63, 3.8) is 0 Å². The molecule has 0 unspecified atom stereocenters. The van der Waals surface area contributed by atoms with E-state index in [-0.39, 0.29) is 0 Å². The third-order valence-electron chi connectivity index (χ3n) is 8.33. The first-order chi connectivity index (χ1) is 22.8. The maximum Gasteiger partial charge on any atom is 0.161 e. The van der Waals surface area contributed by atoms with Crippen molar-refractivity contribution in [1.82, 2.24) is 9.97 Å². The number of hydrogen-bond acceptors (Lipinski definition) is 6. The van der Waals surface area contributed by atoms with Crippen LogP contribution in [0.3, 0.4) is 0 Å². The lowest BCUT2D eigenvalue weighted by atomic mass is 10.0. The van der Waals surface area contributed by atoms with Crippen molar-refractivity contribution in [2.45, 2.75) is 0 Å². The molecule has 218 valence electrons. The Morgan fingerprint density at radius 3 is 1.22 bits per heavy atom. The molecule has 0 amide bonds. The second-order valence-corrected chi connectivity index (χ2v) is 11.0. The van der Waals surface area contributed by atoms with E-state index in [9.17, 15) is 0 Å². The molecule has 0 saturated carbocycles. The van der Waals surface area contributed by atoms with Gasteiger partial charge in [-0.1, -0.05) is 78.9 Å². The highest BCUT2D eigenvalue weighted by molar-refractivity contribution is 5.94. The van der Waals surface area contributed by atoms with Crippen molar-refractivity contribution in [3.8, 4) is 45.6 Å². The minimum absolute atomic E-state index is 0.632. The van der Waals surface area contributed by atoms with Gasteiger partial charge in [-0.05, 0) is 72.8 Å². The number of fused-ring (bicyclic) bond motifs is 4. The van der Waals surface area contributed by atoms with Crippen LogP contribution >= 0.6 is 0 Å². The van der Waals surface area contributed by atoms with Crippen LogP contribution in [0, 0.1) is 0 Å². The molecule has 0 atom stereocenters. The number of para-hydroxylation sites is 10. The van der Waals surface area contributed by atoms with Crippen molar-refractivity contribution in [1.29, 1.82) is 0 Å². The summed E-state index contributed by atoms with van der Waals surface area (Å²) < 4.78 is 12.6. The second-order valence-electron chi connectivity index (χ2n) is 11.0. The van der Waals surface area contributed by atoms with Crippen LogP contribution in [0.5, 0.6) is 23.0 Å². The van der Waals surface area contributed by atoms with E-state index in [1.807, 2.05) is 97.2 Å². The number of nitrogens with zero attached hydrogens (tertiary/aromatic N) is 4. The fourth-order valence-electron chi connectivity index (χ4n) is 6.31. The van der Waals surface area contributed by atoms with Crippen LogP contribution in [-0.2, 0) is 0 Å². The van der Waals surface area contributed by atoms with Gasteiger partial charge < -0.3 is 19.3 Å². The molecule has 0 aliphatic carbocycles. The van der Waals surface area contributed by atoms with Crippen LogP contribution in [0.4, 0.5) is 34.1 Å². The molecular weight excluding hydrogens is 568 g/mol. The van der Waals surface area contributed by atoms with Gasteiger partial charge in [-0.2, -0.15) is 0 Å². The summed E-state index contributed by atoms with van der Waals surface area (Å²) in [6.07, 6.45) is 1.84. The quantitative estimate of drug-likeness (QED) is 0.202. The zero-order valence-electron chi connectivity index (χ0n) is 24.6. The SMILES string of the molecule is c1ccc2c(c1)Oc1ccccc1N2c1ccccc1-c1ccnc(-c2ccccc2N2c3ccccc3Oc3ccccc32)n1. The molecule has 0 radical (unpaired) electrons. The van der Waals surface area contributed by atoms with Crippen LogP contribution in [0.15, 0.2) is 158 Å². The third kappa shape index (κ3) is 4.19. The normalized spacial score (nSPS) is 12.6. The fourth-order valence-corrected chi connectivity index (χ4v) is 6.31. The molecule has 1 aromatic heterocycles. The van der Waals surface area contributed by atoms with Crippen LogP contribution in [-0.4, -0.2) is 9.97 Å². The Morgan fingerprint density at radius 2 is 0.739 bits per heavy atom. The molecule has 6 nitrogen and oxygen atoms in total. The fraction of sp³-hybridized carbons (Fsp3) is 0. The first-order valence-corrected chi connectivity index (χ1v) is 15.2. The zero-order chi connectivity index (χ0) is 30.5. The minimum Gasteiger partial charge on any atom is -0.453 e. The van der Waals surface area contributed by atoms with Crippen molar-refractivity contribution in [2.24, 2.45) is 0 Å². The van der Waals surface area contributed by atoms with E-state index in [1.165, 1.54) is 0 Å². The topological polar surface area (TPSA) is 50.7 Å². The molecule has 0 spiro atoms. The zero-order valence-corrected chi connectivity index (χ0v) is 24.6. The lowest BCUT2D eigenvalue weighted by Crippen LogP contribution is -2.17. The molecule has 9 rings (SSSR count). The van der Waals surface area contributed by atoms with E-state index in [0.29, 0.717) is 5.82 Å². The highest BCUT2D eigenvalue weighted by Crippen LogP contribution is 2.53. The van der Waals surface area contributed by atoms with Crippen LogP contribution in [0.25, 0.3) is 22.6 Å². The number of aromatic nitrogens is 2. The van der Waals surface area contributed by atoms with Gasteiger partial charge in [0.15, 0.2) is 28.8 Å². The highest BCUT2D eigenvalue weighted by atomic mass is 16.5. The van der Waals surface area contributed by atoms with Crippen molar-refractivity contribution in [3.05, 3.63) is 158 Å². The molecule has 2 aliphatic heterocycles. The molecule has 0 fully saturated rings. The Labute approximate surface area is 266 Å². The van der Waals surface area contributed by atoms with E-state index in [1.54, 1.807) is 0 Å². The lowest BCUT2D eigenvalue weighted by molar-refractivity contribution is 0.477. The molecule has 0 bridgehead atoms. The summed E-state index contributed by atoms with van der Waals surface area (Å²) in [7, 11) is 0. The van der Waals surface area contributed by atoms with E-state index >= 15 is 0 Å². The standard InChI is InChI=1S/C40H26N4O2/c1-3-15-30(43-32-17-5-9-21-36(32)45-37-22-10-6-18-33(37)43)27(13-1)29-25-26-41-40(42-29)28-14-2-4-16-31(28)44-34-19-7-11-23-38(34)46-39-24-12-8-20-35(39)44/h1-26H. The first kappa shape index (κ1) is 26.0. The molecule has 6 heteroatoms. The summed E-state index contributed by atoms with van der Waals surface area (Å²) in [5.41, 5.74) is 8.54. The summed E-state index contributed by atoms with van der Waals surface area (Å²) in [6, 6.07) is 51.0. The number of ether oxygens (including phenoxy) is 2. The minimum atomic E-state index is 0.632. The molecule has 6 aromatic carbocycles. The number of rotatable bonds is 4. The van der Waals surface area contributed by atoms with Crippen molar-refractivity contribution >= 4 is 34.1 Å². The Morgan fingerprint density at radius 1 is 0.370 bits per heavy atom. The van der Waals surface area contributed by atoms with Crippen molar-refractivity contribution in [2.75, 3.05) is 9.80 Å². The predicted octanol–water partition coefficient (Wildman–Crippen LogP) is 11.0. The maximum absolute atomic E-state index is 6.29. The third-order valence-corrected chi connectivity index (χ3v) is 8.33. The predicted molar refractivity (Wildman–Crippen MR) is 182 cm³/mol. The smallest absolute Gasteiger partial charge is 0.161 e. The maximum atomic E-state index is 6.29. The molecule has 3 heterocycles. The Kier molecular flexibility index (Phi) is 6.03. The molecule has 7 aromatic rings. The lowest BCUT2D eigenvalue weighted by Gasteiger charge is -2.34. The molecular formula is C40H26N4O2. The van der Waals surface area contributed by atoms with E-state index in [2.05, 4.69) is 70.5 Å². The second kappa shape index (κ2) is 10.6. The Hall–Kier alpha value is -6.40. The summed E-state index contributed by atoms with van der Waals surface area (Å²) in [5, 5.41) is 0. The molecule has 0 saturated heterocycles. The Balaban J connectivity index is 1.19. The van der Waals surface area contributed by atoms with Gasteiger partial charge in [-0.15, -0.1) is 0 Å². The van der Waals surface area contributed by atoms with E-state index in [0.717, 1.165) is 73.9 Å². The highest BCUT2D eigenvalue weighted by Gasteiger charge is 2.29. The van der Waals surface area contributed by atoms with Gasteiger partial charge in [0.1, 0.15) is 0 Å². The first-order valence-electron chi connectivity index (χ1n) is 15.2.